The van der Waals surface area contributed by atoms with Crippen molar-refractivity contribution in [2.45, 2.75) is 39.7 Å². The molecule has 0 saturated heterocycles. The molecule has 1 atom stereocenters. The molecule has 0 aliphatic heterocycles. The van der Waals surface area contributed by atoms with Crippen LogP contribution in [0.4, 0.5) is 0 Å². The van der Waals surface area contributed by atoms with Gasteiger partial charge in [-0.25, -0.2) is 0 Å². The van der Waals surface area contributed by atoms with E-state index >= 15 is 0 Å². The number of rotatable bonds is 7. The molecule has 1 N–H and O–H groups in total. The predicted octanol–water partition coefficient (Wildman–Crippen LogP) is 4.19. The zero-order valence-electron chi connectivity index (χ0n) is 11.9. The van der Waals surface area contributed by atoms with Crippen LogP contribution in [0.25, 0.3) is 0 Å². The van der Waals surface area contributed by atoms with Gasteiger partial charge in [-0.1, -0.05) is 18.5 Å². The van der Waals surface area contributed by atoms with Crippen LogP contribution in [0.15, 0.2) is 18.2 Å². The lowest BCUT2D eigenvalue weighted by atomic mass is 10.1. The molecule has 1 rings (SSSR count). The highest BCUT2D eigenvalue weighted by Crippen LogP contribution is 2.28. The van der Waals surface area contributed by atoms with Crippen LogP contribution in [-0.2, 0) is 0 Å². The molecule has 1 aromatic rings. The molecular weight excluding hydrogens is 258 g/mol. The van der Waals surface area contributed by atoms with E-state index in [1.807, 2.05) is 25.1 Å². The van der Waals surface area contributed by atoms with Gasteiger partial charge in [0.2, 0.25) is 0 Å². The molecule has 0 bridgehead atoms. The highest BCUT2D eigenvalue weighted by molar-refractivity contribution is 6.30. The van der Waals surface area contributed by atoms with Crippen molar-refractivity contribution in [2.24, 2.45) is 0 Å². The van der Waals surface area contributed by atoms with E-state index in [1.165, 1.54) is 0 Å². The Morgan fingerprint density at radius 1 is 1.42 bits per heavy atom. The first-order chi connectivity index (χ1) is 9.19. The fourth-order valence-corrected chi connectivity index (χ4v) is 1.98. The Morgan fingerprint density at radius 3 is 2.89 bits per heavy atom. The van der Waals surface area contributed by atoms with Crippen molar-refractivity contribution in [1.82, 2.24) is 5.32 Å². The van der Waals surface area contributed by atoms with E-state index in [9.17, 15) is 0 Å². The normalized spacial score (nSPS) is 11.6. The van der Waals surface area contributed by atoms with Gasteiger partial charge in [0, 0.05) is 23.0 Å². The molecule has 0 saturated carbocycles. The third-order valence-electron chi connectivity index (χ3n) is 2.80. The number of halogens is 1. The molecule has 104 valence electrons. The summed E-state index contributed by atoms with van der Waals surface area (Å²) in [5.41, 5.74) is 1.10. The molecular formula is C16H22ClNO. The molecule has 1 unspecified atom stereocenters. The number of benzene rings is 1. The van der Waals surface area contributed by atoms with Crippen LogP contribution in [0.1, 0.15) is 45.2 Å². The van der Waals surface area contributed by atoms with Gasteiger partial charge in [-0.05, 0) is 45.0 Å². The Bertz CT molecular complexity index is 448. The van der Waals surface area contributed by atoms with Crippen molar-refractivity contribution in [3.05, 3.63) is 28.8 Å². The van der Waals surface area contributed by atoms with Crippen molar-refractivity contribution in [3.8, 4) is 17.6 Å². The Morgan fingerprint density at radius 2 is 2.21 bits per heavy atom. The number of hydrogen-bond acceptors (Lipinski definition) is 2. The van der Waals surface area contributed by atoms with E-state index < -0.39 is 0 Å². The second-order valence-electron chi connectivity index (χ2n) is 4.38. The summed E-state index contributed by atoms with van der Waals surface area (Å²) in [6, 6.07) is 5.99. The number of ether oxygens (including phenoxy) is 1. The molecule has 0 amide bonds. The first kappa shape index (κ1) is 15.9. The van der Waals surface area contributed by atoms with Gasteiger partial charge in [-0.2, -0.15) is 0 Å². The topological polar surface area (TPSA) is 21.3 Å². The quantitative estimate of drug-likeness (QED) is 0.597. The minimum Gasteiger partial charge on any atom is -0.492 e. The Balaban J connectivity index is 2.74. The molecule has 19 heavy (non-hydrogen) atoms. The van der Waals surface area contributed by atoms with Crippen LogP contribution in [-0.4, -0.2) is 13.2 Å². The molecule has 0 aliphatic carbocycles. The summed E-state index contributed by atoms with van der Waals surface area (Å²) >= 11 is 6.07. The zero-order valence-corrected chi connectivity index (χ0v) is 12.7. The average Bonchev–Trinajstić information content (AvgIpc) is 2.42. The van der Waals surface area contributed by atoms with E-state index in [1.54, 1.807) is 0 Å². The summed E-state index contributed by atoms with van der Waals surface area (Å²) in [6.45, 7) is 7.70. The first-order valence-corrected chi connectivity index (χ1v) is 7.12. The Kier molecular flexibility index (Phi) is 7.40. The second kappa shape index (κ2) is 8.85. The summed E-state index contributed by atoms with van der Waals surface area (Å²) in [7, 11) is 0. The summed E-state index contributed by atoms with van der Waals surface area (Å²) in [4.78, 5) is 0. The van der Waals surface area contributed by atoms with Crippen LogP contribution >= 0.6 is 11.6 Å². The molecule has 3 heteroatoms. The maximum absolute atomic E-state index is 6.07. The van der Waals surface area contributed by atoms with Crippen LogP contribution in [0, 0.1) is 11.8 Å². The summed E-state index contributed by atoms with van der Waals surface area (Å²) in [5, 5.41) is 4.19. The lowest BCUT2D eigenvalue weighted by Crippen LogP contribution is -2.20. The molecule has 0 fully saturated rings. The van der Waals surface area contributed by atoms with E-state index in [4.69, 9.17) is 16.3 Å². The standard InChI is InChI=1S/C16H22ClNO/c1-4-6-7-11-19-16-9-8-14(17)12-15(16)13(3)18-10-5-2/h8-9,12-13,18H,5,7,10-11H2,1-3H3. The molecule has 0 heterocycles. The minimum atomic E-state index is 0.228. The first-order valence-electron chi connectivity index (χ1n) is 6.74. The SMILES string of the molecule is CC#CCCOc1ccc(Cl)cc1C(C)NCCC. The maximum atomic E-state index is 6.07. The van der Waals surface area contributed by atoms with Gasteiger partial charge in [-0.3, -0.25) is 0 Å². The fraction of sp³-hybridized carbons (Fsp3) is 0.500. The molecule has 0 aliphatic rings. The van der Waals surface area contributed by atoms with E-state index in [0.29, 0.717) is 6.61 Å². The molecule has 0 aromatic heterocycles. The Labute approximate surface area is 121 Å². The van der Waals surface area contributed by atoms with Gasteiger partial charge in [0.05, 0.1) is 6.61 Å². The fourth-order valence-electron chi connectivity index (χ4n) is 1.80. The van der Waals surface area contributed by atoms with Crippen LogP contribution in [0.5, 0.6) is 5.75 Å². The molecule has 2 nitrogen and oxygen atoms in total. The highest BCUT2D eigenvalue weighted by Gasteiger charge is 2.11. The van der Waals surface area contributed by atoms with Gasteiger partial charge >= 0.3 is 0 Å². The lowest BCUT2D eigenvalue weighted by Gasteiger charge is -2.18. The van der Waals surface area contributed by atoms with E-state index in [0.717, 1.165) is 35.7 Å². The number of nitrogens with one attached hydrogen (secondary N) is 1. The predicted molar refractivity (Wildman–Crippen MR) is 81.7 cm³/mol. The van der Waals surface area contributed by atoms with Gasteiger partial charge in [0.25, 0.3) is 0 Å². The largest absolute Gasteiger partial charge is 0.492 e. The van der Waals surface area contributed by atoms with Gasteiger partial charge < -0.3 is 10.1 Å². The summed E-state index contributed by atoms with van der Waals surface area (Å²) < 4.78 is 5.79. The maximum Gasteiger partial charge on any atom is 0.124 e. The highest BCUT2D eigenvalue weighted by atomic mass is 35.5. The van der Waals surface area contributed by atoms with E-state index in [2.05, 4.69) is 31.0 Å². The van der Waals surface area contributed by atoms with Crippen molar-refractivity contribution in [3.63, 3.8) is 0 Å². The van der Waals surface area contributed by atoms with Crippen LogP contribution in [0.2, 0.25) is 5.02 Å². The average molecular weight is 280 g/mol. The number of hydrogen-bond donors (Lipinski definition) is 1. The van der Waals surface area contributed by atoms with Crippen LogP contribution < -0.4 is 10.1 Å². The smallest absolute Gasteiger partial charge is 0.124 e. The van der Waals surface area contributed by atoms with Crippen molar-refractivity contribution in [2.75, 3.05) is 13.2 Å². The monoisotopic (exact) mass is 279 g/mol. The van der Waals surface area contributed by atoms with Crippen molar-refractivity contribution < 1.29 is 4.74 Å². The third-order valence-corrected chi connectivity index (χ3v) is 3.04. The zero-order chi connectivity index (χ0) is 14.1. The Hall–Kier alpha value is -1.17. The molecule has 0 radical (unpaired) electrons. The summed E-state index contributed by atoms with van der Waals surface area (Å²) in [6.07, 6.45) is 1.85. The lowest BCUT2D eigenvalue weighted by molar-refractivity contribution is 0.320. The van der Waals surface area contributed by atoms with Crippen LogP contribution in [0.3, 0.4) is 0 Å². The molecule has 0 spiro atoms. The van der Waals surface area contributed by atoms with Gasteiger partial charge in [0.15, 0.2) is 0 Å². The third kappa shape index (κ3) is 5.55. The molecule has 1 aromatic carbocycles. The van der Waals surface area contributed by atoms with Gasteiger partial charge in [-0.15, -0.1) is 11.8 Å². The summed E-state index contributed by atoms with van der Waals surface area (Å²) in [5.74, 6) is 6.75. The van der Waals surface area contributed by atoms with Crippen molar-refractivity contribution in [1.29, 1.82) is 0 Å². The van der Waals surface area contributed by atoms with Gasteiger partial charge in [0.1, 0.15) is 5.75 Å². The van der Waals surface area contributed by atoms with E-state index in [-0.39, 0.29) is 6.04 Å². The minimum absolute atomic E-state index is 0.228. The second-order valence-corrected chi connectivity index (χ2v) is 4.82. The van der Waals surface area contributed by atoms with Crippen molar-refractivity contribution >= 4 is 11.6 Å².